The van der Waals surface area contributed by atoms with E-state index in [0.717, 1.165) is 34.0 Å². The molecular formula is C14H12ClNO2S. The highest BCUT2D eigenvalue weighted by Crippen LogP contribution is 2.35. The number of methoxy groups -OCH3 is 1. The molecular weight excluding hydrogens is 282 g/mol. The first-order valence-corrected chi connectivity index (χ1v) is 7.25. The molecule has 1 aromatic carbocycles. The quantitative estimate of drug-likeness (QED) is 0.840. The van der Waals surface area contributed by atoms with Gasteiger partial charge in [-0.25, -0.2) is 4.98 Å². The first-order valence-electron chi connectivity index (χ1n) is 6.06. The SMILES string of the molecule is COc1ccc(-c2nc3c(s2)C(=O)CCC3)cc1Cl. The highest BCUT2D eigenvalue weighted by Gasteiger charge is 2.22. The Hall–Kier alpha value is -1.39. The van der Waals surface area contributed by atoms with Crippen LogP contribution in [0.3, 0.4) is 0 Å². The van der Waals surface area contributed by atoms with E-state index in [1.165, 1.54) is 11.3 Å². The molecule has 3 nitrogen and oxygen atoms in total. The molecule has 0 bridgehead atoms. The zero-order valence-electron chi connectivity index (χ0n) is 10.4. The van der Waals surface area contributed by atoms with Gasteiger partial charge in [0.1, 0.15) is 10.8 Å². The standard InChI is InChI=1S/C14H12ClNO2S/c1-18-12-6-5-8(7-9(12)15)14-16-10-3-2-4-11(17)13(10)19-14/h5-7H,2-4H2,1H3. The summed E-state index contributed by atoms with van der Waals surface area (Å²) >= 11 is 7.58. The summed E-state index contributed by atoms with van der Waals surface area (Å²) in [5.74, 6) is 0.854. The van der Waals surface area contributed by atoms with Crippen molar-refractivity contribution in [3.05, 3.63) is 33.8 Å². The van der Waals surface area contributed by atoms with Crippen LogP contribution >= 0.6 is 22.9 Å². The molecule has 0 saturated carbocycles. The van der Waals surface area contributed by atoms with Crippen molar-refractivity contribution in [1.82, 2.24) is 4.98 Å². The van der Waals surface area contributed by atoms with Crippen LogP contribution in [0.5, 0.6) is 5.75 Å². The minimum Gasteiger partial charge on any atom is -0.495 e. The summed E-state index contributed by atoms with van der Waals surface area (Å²) in [6.45, 7) is 0. The van der Waals surface area contributed by atoms with Crippen LogP contribution in [0.25, 0.3) is 10.6 Å². The molecule has 1 aromatic heterocycles. The lowest BCUT2D eigenvalue weighted by Gasteiger charge is -2.06. The summed E-state index contributed by atoms with van der Waals surface area (Å²) in [7, 11) is 1.58. The predicted molar refractivity (Wildman–Crippen MR) is 76.4 cm³/mol. The second-order valence-electron chi connectivity index (χ2n) is 4.42. The molecule has 0 fully saturated rings. The fourth-order valence-corrected chi connectivity index (χ4v) is 3.52. The van der Waals surface area contributed by atoms with Gasteiger partial charge in [-0.3, -0.25) is 4.79 Å². The molecule has 5 heteroatoms. The number of benzene rings is 1. The van der Waals surface area contributed by atoms with Gasteiger partial charge in [0.2, 0.25) is 0 Å². The van der Waals surface area contributed by atoms with Crippen molar-refractivity contribution in [2.45, 2.75) is 19.3 Å². The number of hydrogen-bond donors (Lipinski definition) is 0. The van der Waals surface area contributed by atoms with E-state index >= 15 is 0 Å². The monoisotopic (exact) mass is 293 g/mol. The largest absolute Gasteiger partial charge is 0.495 e. The Kier molecular flexibility index (Phi) is 3.29. The van der Waals surface area contributed by atoms with E-state index in [0.29, 0.717) is 17.2 Å². The highest BCUT2D eigenvalue weighted by atomic mass is 35.5. The van der Waals surface area contributed by atoms with E-state index in [-0.39, 0.29) is 5.78 Å². The molecule has 98 valence electrons. The number of hydrogen-bond acceptors (Lipinski definition) is 4. The van der Waals surface area contributed by atoms with Crippen molar-refractivity contribution in [1.29, 1.82) is 0 Å². The van der Waals surface area contributed by atoms with E-state index in [4.69, 9.17) is 16.3 Å². The Balaban J connectivity index is 2.03. The molecule has 3 rings (SSSR count). The summed E-state index contributed by atoms with van der Waals surface area (Å²) < 4.78 is 5.13. The van der Waals surface area contributed by atoms with E-state index < -0.39 is 0 Å². The zero-order valence-corrected chi connectivity index (χ0v) is 12.0. The number of thiazole rings is 1. The number of aryl methyl sites for hydroxylation is 1. The lowest BCUT2D eigenvalue weighted by Crippen LogP contribution is -2.07. The van der Waals surface area contributed by atoms with Crippen molar-refractivity contribution >= 4 is 28.7 Å². The van der Waals surface area contributed by atoms with Gasteiger partial charge < -0.3 is 4.74 Å². The molecule has 1 aliphatic carbocycles. The molecule has 0 N–H and O–H groups in total. The maximum atomic E-state index is 11.8. The zero-order chi connectivity index (χ0) is 13.4. The molecule has 0 spiro atoms. The predicted octanol–water partition coefficient (Wildman–Crippen LogP) is 3.99. The van der Waals surface area contributed by atoms with Crippen molar-refractivity contribution in [2.24, 2.45) is 0 Å². The van der Waals surface area contributed by atoms with E-state index in [2.05, 4.69) is 4.98 Å². The van der Waals surface area contributed by atoms with E-state index in [9.17, 15) is 4.79 Å². The molecule has 0 aliphatic heterocycles. The lowest BCUT2D eigenvalue weighted by molar-refractivity contribution is 0.0976. The van der Waals surface area contributed by atoms with Gasteiger partial charge in [-0.05, 0) is 31.0 Å². The smallest absolute Gasteiger partial charge is 0.174 e. The minimum atomic E-state index is 0.213. The summed E-state index contributed by atoms with van der Waals surface area (Å²) in [6, 6.07) is 5.56. The number of carbonyl (C=O) groups excluding carboxylic acids is 1. The molecule has 0 amide bonds. The average molecular weight is 294 g/mol. The van der Waals surface area contributed by atoms with Gasteiger partial charge in [0, 0.05) is 12.0 Å². The van der Waals surface area contributed by atoms with Gasteiger partial charge >= 0.3 is 0 Å². The number of halogens is 1. The Bertz CT molecular complexity index is 651. The van der Waals surface area contributed by atoms with Crippen LogP contribution in [-0.2, 0) is 6.42 Å². The number of ketones is 1. The Morgan fingerprint density at radius 2 is 2.21 bits per heavy atom. The topological polar surface area (TPSA) is 39.2 Å². The second kappa shape index (κ2) is 4.94. The summed E-state index contributed by atoms with van der Waals surface area (Å²) in [4.78, 5) is 17.2. The number of fused-ring (bicyclic) bond motifs is 1. The number of aromatic nitrogens is 1. The van der Waals surface area contributed by atoms with Gasteiger partial charge in [-0.1, -0.05) is 11.6 Å². The molecule has 1 heterocycles. The van der Waals surface area contributed by atoms with Gasteiger partial charge in [0.15, 0.2) is 5.78 Å². The summed E-state index contributed by atoms with van der Waals surface area (Å²) in [5.41, 5.74) is 1.86. The van der Waals surface area contributed by atoms with Crippen LogP contribution in [0.1, 0.15) is 28.2 Å². The molecule has 1 aliphatic rings. The summed E-state index contributed by atoms with van der Waals surface area (Å²) in [5, 5.41) is 1.41. The van der Waals surface area contributed by atoms with Crippen LogP contribution in [0.15, 0.2) is 18.2 Å². The number of Topliss-reactive ketones (excluding diaryl/α,β-unsaturated/α-hetero) is 1. The fraction of sp³-hybridized carbons (Fsp3) is 0.286. The third-order valence-corrected chi connectivity index (χ3v) is 4.65. The van der Waals surface area contributed by atoms with Crippen molar-refractivity contribution in [3.63, 3.8) is 0 Å². The Morgan fingerprint density at radius 3 is 2.89 bits per heavy atom. The maximum Gasteiger partial charge on any atom is 0.174 e. The Morgan fingerprint density at radius 1 is 1.37 bits per heavy atom. The minimum absolute atomic E-state index is 0.213. The average Bonchev–Trinajstić information content (AvgIpc) is 2.84. The second-order valence-corrected chi connectivity index (χ2v) is 5.83. The van der Waals surface area contributed by atoms with Gasteiger partial charge in [-0.15, -0.1) is 11.3 Å². The highest BCUT2D eigenvalue weighted by molar-refractivity contribution is 7.17. The van der Waals surface area contributed by atoms with Gasteiger partial charge in [0.05, 0.1) is 22.7 Å². The molecule has 2 aromatic rings. The normalized spacial score (nSPS) is 14.3. The number of ether oxygens (including phenoxy) is 1. The molecule has 0 saturated heterocycles. The van der Waals surface area contributed by atoms with Crippen molar-refractivity contribution in [2.75, 3.05) is 7.11 Å². The third-order valence-electron chi connectivity index (χ3n) is 3.17. The molecule has 0 radical (unpaired) electrons. The van der Waals surface area contributed by atoms with Crippen LogP contribution < -0.4 is 4.74 Å². The van der Waals surface area contributed by atoms with Crippen molar-refractivity contribution < 1.29 is 9.53 Å². The van der Waals surface area contributed by atoms with Crippen LogP contribution in [0, 0.1) is 0 Å². The lowest BCUT2D eigenvalue weighted by atomic mass is 10.0. The number of carbonyl (C=O) groups is 1. The van der Waals surface area contributed by atoms with Crippen LogP contribution in [0.4, 0.5) is 0 Å². The first kappa shape index (κ1) is 12.6. The molecule has 19 heavy (non-hydrogen) atoms. The number of rotatable bonds is 2. The third kappa shape index (κ3) is 2.26. The molecule has 0 unspecified atom stereocenters. The van der Waals surface area contributed by atoms with E-state index in [1.807, 2.05) is 18.2 Å². The van der Waals surface area contributed by atoms with Crippen LogP contribution in [-0.4, -0.2) is 17.9 Å². The van der Waals surface area contributed by atoms with Gasteiger partial charge in [0.25, 0.3) is 0 Å². The van der Waals surface area contributed by atoms with Gasteiger partial charge in [-0.2, -0.15) is 0 Å². The maximum absolute atomic E-state index is 11.8. The fourth-order valence-electron chi connectivity index (χ4n) is 2.19. The van der Waals surface area contributed by atoms with Crippen molar-refractivity contribution in [3.8, 4) is 16.3 Å². The summed E-state index contributed by atoms with van der Waals surface area (Å²) in [6.07, 6.45) is 2.43. The van der Waals surface area contributed by atoms with Crippen LogP contribution in [0.2, 0.25) is 5.02 Å². The Labute approximate surface area is 120 Å². The van der Waals surface area contributed by atoms with E-state index in [1.54, 1.807) is 7.11 Å². The first-order chi connectivity index (χ1) is 9.19. The number of nitrogens with zero attached hydrogens (tertiary/aromatic N) is 1. The molecule has 0 atom stereocenters.